The van der Waals surface area contributed by atoms with Gasteiger partial charge in [0.15, 0.2) is 11.5 Å². The predicted octanol–water partition coefficient (Wildman–Crippen LogP) is 2.13. The van der Waals surface area contributed by atoms with Gasteiger partial charge in [0.1, 0.15) is 5.69 Å². The molecule has 0 bridgehead atoms. The Balaban J connectivity index is 1.61. The number of benzene rings is 1. The van der Waals surface area contributed by atoms with Crippen LogP contribution in [0.5, 0.6) is 0 Å². The molecule has 3 aromatic heterocycles. The first-order valence-corrected chi connectivity index (χ1v) is 9.10. The van der Waals surface area contributed by atoms with E-state index in [1.54, 1.807) is 29.9 Å². The molecule has 0 saturated carbocycles. The number of rotatable bonds is 5. The van der Waals surface area contributed by atoms with Crippen molar-refractivity contribution in [1.29, 1.82) is 0 Å². The number of aryl methyl sites for hydroxylation is 1. The molecule has 0 fully saturated rings. The second-order valence-corrected chi connectivity index (χ2v) is 6.36. The summed E-state index contributed by atoms with van der Waals surface area (Å²) in [5.41, 5.74) is 2.44. The van der Waals surface area contributed by atoms with Crippen molar-refractivity contribution in [1.82, 2.24) is 29.7 Å². The third kappa shape index (κ3) is 3.57. The third-order valence-corrected chi connectivity index (χ3v) is 4.36. The van der Waals surface area contributed by atoms with Gasteiger partial charge in [0.05, 0.1) is 11.8 Å². The first-order valence-electron chi connectivity index (χ1n) is 9.10. The highest BCUT2D eigenvalue weighted by molar-refractivity contribution is 6.11. The molecule has 4 aromatic rings. The summed E-state index contributed by atoms with van der Waals surface area (Å²) in [5, 5.41) is 14.0. The molecule has 0 saturated heterocycles. The second-order valence-electron chi connectivity index (χ2n) is 6.36. The molecule has 0 radical (unpaired) electrons. The fourth-order valence-electron chi connectivity index (χ4n) is 2.99. The van der Waals surface area contributed by atoms with Crippen molar-refractivity contribution in [2.45, 2.75) is 6.92 Å². The number of aromatic nitrogens is 5. The van der Waals surface area contributed by atoms with Gasteiger partial charge in [-0.1, -0.05) is 30.3 Å². The SMILES string of the molecule is CCNC(=O)c1cnn(C)c1C(=O)Nc1ccn2nc(-c3ccccc3)nc2c1. The average Bonchev–Trinajstić information content (AvgIpc) is 3.32. The molecule has 4 rings (SSSR count). The Hall–Kier alpha value is -4.01. The van der Waals surface area contributed by atoms with Gasteiger partial charge < -0.3 is 10.6 Å². The molecule has 9 nitrogen and oxygen atoms in total. The summed E-state index contributed by atoms with van der Waals surface area (Å²) < 4.78 is 3.02. The maximum Gasteiger partial charge on any atom is 0.274 e. The third-order valence-electron chi connectivity index (χ3n) is 4.36. The highest BCUT2D eigenvalue weighted by Crippen LogP contribution is 2.18. The molecule has 29 heavy (non-hydrogen) atoms. The highest BCUT2D eigenvalue weighted by atomic mass is 16.2. The topological polar surface area (TPSA) is 106 Å². The van der Waals surface area contributed by atoms with Crippen LogP contribution in [0.15, 0.2) is 54.9 Å². The van der Waals surface area contributed by atoms with E-state index < -0.39 is 5.91 Å². The standard InChI is InChI=1S/C20H19N7O2/c1-3-21-19(28)15-12-22-26(2)17(15)20(29)23-14-9-10-27-16(11-14)24-18(25-27)13-7-5-4-6-8-13/h4-12H,3H2,1-2H3,(H,21,28)(H,23,29). The summed E-state index contributed by atoms with van der Waals surface area (Å²) in [5.74, 6) is -0.177. The number of anilines is 1. The smallest absolute Gasteiger partial charge is 0.274 e. The molecule has 0 atom stereocenters. The minimum atomic E-state index is -0.432. The van der Waals surface area contributed by atoms with Crippen LogP contribution in [0.2, 0.25) is 0 Å². The van der Waals surface area contributed by atoms with Crippen molar-refractivity contribution in [3.63, 3.8) is 0 Å². The Kier molecular flexibility index (Phi) is 4.78. The van der Waals surface area contributed by atoms with Crippen LogP contribution in [-0.4, -0.2) is 42.7 Å². The van der Waals surface area contributed by atoms with Crippen molar-refractivity contribution in [2.24, 2.45) is 7.05 Å². The van der Waals surface area contributed by atoms with Crippen LogP contribution in [0.25, 0.3) is 17.0 Å². The molecule has 1 aromatic carbocycles. The monoisotopic (exact) mass is 389 g/mol. The maximum atomic E-state index is 12.8. The minimum Gasteiger partial charge on any atom is -0.352 e. The molecule has 0 aliphatic heterocycles. The van der Waals surface area contributed by atoms with Gasteiger partial charge >= 0.3 is 0 Å². The first kappa shape index (κ1) is 18.4. The summed E-state index contributed by atoms with van der Waals surface area (Å²) in [6, 6.07) is 13.1. The molecular formula is C20H19N7O2. The van der Waals surface area contributed by atoms with Gasteiger partial charge in [-0.05, 0) is 13.0 Å². The molecule has 3 heterocycles. The highest BCUT2D eigenvalue weighted by Gasteiger charge is 2.22. The van der Waals surface area contributed by atoms with Crippen molar-refractivity contribution >= 4 is 23.1 Å². The second kappa shape index (κ2) is 7.55. The van der Waals surface area contributed by atoms with E-state index in [4.69, 9.17) is 0 Å². The number of amides is 2. The lowest BCUT2D eigenvalue weighted by atomic mass is 10.2. The predicted molar refractivity (Wildman–Crippen MR) is 108 cm³/mol. The molecule has 2 amide bonds. The van der Waals surface area contributed by atoms with Gasteiger partial charge in [0.25, 0.3) is 11.8 Å². The van der Waals surface area contributed by atoms with E-state index in [1.165, 1.54) is 10.9 Å². The number of pyridine rings is 1. The molecule has 9 heteroatoms. The molecule has 0 spiro atoms. The first-order chi connectivity index (χ1) is 14.1. The van der Waals surface area contributed by atoms with Crippen molar-refractivity contribution in [3.05, 3.63) is 66.1 Å². The van der Waals surface area contributed by atoms with Crippen LogP contribution in [-0.2, 0) is 7.05 Å². The Morgan fingerprint density at radius 2 is 1.90 bits per heavy atom. The van der Waals surface area contributed by atoms with Gasteiger partial charge in [0, 0.05) is 37.1 Å². The molecule has 2 N–H and O–H groups in total. The van der Waals surface area contributed by atoms with Crippen LogP contribution in [0.4, 0.5) is 5.69 Å². The Bertz CT molecular complexity index is 1190. The lowest BCUT2D eigenvalue weighted by Crippen LogP contribution is -2.26. The average molecular weight is 389 g/mol. The van der Waals surface area contributed by atoms with Crippen molar-refractivity contribution in [3.8, 4) is 11.4 Å². The van der Waals surface area contributed by atoms with Gasteiger partial charge in [-0.2, -0.15) is 5.10 Å². The van der Waals surface area contributed by atoms with Gasteiger partial charge in [-0.3, -0.25) is 14.3 Å². The Morgan fingerprint density at radius 1 is 1.10 bits per heavy atom. The van der Waals surface area contributed by atoms with Crippen LogP contribution >= 0.6 is 0 Å². The van der Waals surface area contributed by atoms with E-state index in [0.29, 0.717) is 23.7 Å². The van der Waals surface area contributed by atoms with Crippen LogP contribution in [0, 0.1) is 0 Å². The Labute approximate surface area is 166 Å². The normalized spacial score (nSPS) is 10.8. The summed E-state index contributed by atoms with van der Waals surface area (Å²) in [6.07, 6.45) is 3.10. The molecular weight excluding hydrogens is 370 g/mol. The van der Waals surface area contributed by atoms with Crippen molar-refractivity contribution < 1.29 is 9.59 Å². The van der Waals surface area contributed by atoms with Gasteiger partial charge in [0.2, 0.25) is 0 Å². The van der Waals surface area contributed by atoms with E-state index >= 15 is 0 Å². The summed E-state index contributed by atoms with van der Waals surface area (Å²) in [4.78, 5) is 29.5. The van der Waals surface area contributed by atoms with Gasteiger partial charge in [-0.15, -0.1) is 5.10 Å². The molecule has 0 unspecified atom stereocenters. The fraction of sp³-hybridized carbons (Fsp3) is 0.150. The number of nitrogens with one attached hydrogen (secondary N) is 2. The summed E-state index contributed by atoms with van der Waals surface area (Å²) in [6.45, 7) is 2.27. The number of carbonyl (C=O) groups is 2. The van der Waals surface area contributed by atoms with E-state index in [1.807, 2.05) is 37.3 Å². The van der Waals surface area contributed by atoms with E-state index in [9.17, 15) is 9.59 Å². The lowest BCUT2D eigenvalue weighted by molar-refractivity contribution is 0.0940. The summed E-state index contributed by atoms with van der Waals surface area (Å²) in [7, 11) is 1.62. The van der Waals surface area contributed by atoms with E-state index in [0.717, 1.165) is 5.56 Å². The zero-order chi connectivity index (χ0) is 20.4. The molecule has 146 valence electrons. The van der Waals surface area contributed by atoms with Crippen molar-refractivity contribution in [2.75, 3.05) is 11.9 Å². The lowest BCUT2D eigenvalue weighted by Gasteiger charge is -2.08. The number of hydrogen-bond donors (Lipinski definition) is 2. The number of fused-ring (bicyclic) bond motifs is 1. The van der Waals surface area contributed by atoms with Crippen LogP contribution in [0.3, 0.4) is 0 Å². The van der Waals surface area contributed by atoms with E-state index in [2.05, 4.69) is 25.8 Å². The quantitative estimate of drug-likeness (QED) is 0.544. The number of hydrogen-bond acceptors (Lipinski definition) is 5. The largest absolute Gasteiger partial charge is 0.352 e. The zero-order valence-electron chi connectivity index (χ0n) is 16.0. The number of nitrogens with zero attached hydrogens (tertiary/aromatic N) is 5. The van der Waals surface area contributed by atoms with Gasteiger partial charge in [-0.25, -0.2) is 9.50 Å². The van der Waals surface area contributed by atoms with Crippen LogP contribution < -0.4 is 10.6 Å². The van der Waals surface area contributed by atoms with Crippen LogP contribution in [0.1, 0.15) is 27.8 Å². The van der Waals surface area contributed by atoms with E-state index in [-0.39, 0.29) is 17.2 Å². The molecule has 0 aliphatic carbocycles. The minimum absolute atomic E-state index is 0.183. The maximum absolute atomic E-state index is 12.8. The molecule has 0 aliphatic rings. The Morgan fingerprint density at radius 3 is 2.66 bits per heavy atom. The summed E-state index contributed by atoms with van der Waals surface area (Å²) >= 11 is 0. The zero-order valence-corrected chi connectivity index (χ0v) is 16.0. The fourth-order valence-corrected chi connectivity index (χ4v) is 2.99. The number of carbonyl (C=O) groups excluding carboxylic acids is 2.